The predicted molar refractivity (Wildman–Crippen MR) is 140 cm³/mol. The zero-order valence-corrected chi connectivity index (χ0v) is 21.7. The van der Waals surface area contributed by atoms with E-state index >= 15 is 0 Å². The Hall–Kier alpha value is -4.19. The number of anilines is 1. The topological polar surface area (TPSA) is 112 Å². The number of hydrogen-bond acceptors (Lipinski definition) is 6. The number of hydrogen-bond donors (Lipinski definition) is 4. The van der Waals surface area contributed by atoms with Crippen LogP contribution in [0.25, 0.3) is 16.9 Å². The molecule has 1 aliphatic carbocycles. The van der Waals surface area contributed by atoms with E-state index in [4.69, 9.17) is 0 Å². The minimum absolute atomic E-state index is 0.0770. The zero-order chi connectivity index (χ0) is 28.8. The number of fused-ring (bicyclic) bond motifs is 1. The van der Waals surface area contributed by atoms with Gasteiger partial charge in [-0.25, -0.2) is 13.9 Å². The number of para-hydroxylation sites is 1. The van der Waals surface area contributed by atoms with Gasteiger partial charge in [0.15, 0.2) is 17.2 Å². The molecule has 1 fully saturated rings. The summed E-state index contributed by atoms with van der Waals surface area (Å²) < 4.78 is 54.1. The predicted octanol–water partition coefficient (Wildman–Crippen LogP) is 5.06. The van der Waals surface area contributed by atoms with Gasteiger partial charge in [0, 0.05) is 29.3 Å². The van der Waals surface area contributed by atoms with E-state index in [9.17, 15) is 32.6 Å². The third-order valence-corrected chi connectivity index (χ3v) is 6.88. The quantitative estimate of drug-likeness (QED) is 0.225. The van der Waals surface area contributed by atoms with Crippen LogP contribution in [-0.4, -0.2) is 49.5 Å². The average Bonchev–Trinajstić information content (AvgIpc) is 3.59. The van der Waals surface area contributed by atoms with Crippen LogP contribution in [0.15, 0.2) is 48.7 Å². The Bertz CT molecular complexity index is 1600. The molecule has 4 aromatic rings. The van der Waals surface area contributed by atoms with Crippen LogP contribution in [-0.2, 0) is 5.60 Å². The van der Waals surface area contributed by atoms with Crippen LogP contribution in [0, 0.1) is 12.7 Å². The van der Waals surface area contributed by atoms with Gasteiger partial charge in [-0.15, -0.1) is 0 Å². The molecular formula is C28H27F4N5O3. The van der Waals surface area contributed by atoms with E-state index in [1.54, 1.807) is 25.1 Å². The number of nitrogens with zero attached hydrogens (tertiary/aromatic N) is 3. The van der Waals surface area contributed by atoms with Crippen LogP contribution in [0.1, 0.15) is 53.4 Å². The Labute approximate surface area is 226 Å². The van der Waals surface area contributed by atoms with E-state index < -0.39 is 36.3 Å². The van der Waals surface area contributed by atoms with Crippen LogP contribution in [0.5, 0.6) is 5.75 Å². The number of imidazole rings is 1. The molecule has 0 radical (unpaired) electrons. The lowest BCUT2D eigenvalue weighted by molar-refractivity contribution is -0.131. The monoisotopic (exact) mass is 557 g/mol. The first-order valence-electron chi connectivity index (χ1n) is 12.7. The number of aromatic hydroxyl groups is 1. The summed E-state index contributed by atoms with van der Waals surface area (Å²) in [5.74, 6) is -1.90. The fourth-order valence-electron chi connectivity index (χ4n) is 4.49. The summed E-state index contributed by atoms with van der Waals surface area (Å²) in [7, 11) is 0. The van der Waals surface area contributed by atoms with Crippen molar-refractivity contribution in [2.45, 2.75) is 50.9 Å². The third-order valence-electron chi connectivity index (χ3n) is 6.88. The molecule has 4 N–H and O–H groups in total. The Morgan fingerprint density at radius 3 is 2.60 bits per heavy atom. The molecule has 0 saturated heterocycles. The Morgan fingerprint density at radius 2 is 1.93 bits per heavy atom. The molecule has 2 aromatic heterocycles. The number of aromatic nitrogens is 3. The van der Waals surface area contributed by atoms with E-state index in [2.05, 4.69) is 20.7 Å². The van der Waals surface area contributed by atoms with E-state index in [1.165, 1.54) is 35.8 Å². The van der Waals surface area contributed by atoms with Crippen molar-refractivity contribution in [1.82, 2.24) is 19.9 Å². The minimum Gasteiger partial charge on any atom is -0.505 e. The fourth-order valence-corrected chi connectivity index (χ4v) is 4.49. The standard InChI is InChI=1S/C28H27F4N5O3/c1-15-12-16(6-9-18(15)26(39)35-17-7-8-17)22-14-34-25-21(33-11-10-28(30,31)32)13-23(36-37(22)25)27(2,40)19-4-3-5-20(29)24(19)38/h3-6,9,12-14,17,33,38,40H,7-8,10-11H2,1-2H3,(H,35,39)/t27-/m0/s1. The van der Waals surface area contributed by atoms with Gasteiger partial charge in [-0.3, -0.25) is 4.79 Å². The van der Waals surface area contributed by atoms with Crippen molar-refractivity contribution in [3.8, 4) is 17.0 Å². The molecule has 0 aliphatic heterocycles. The molecular weight excluding hydrogens is 530 g/mol. The number of amides is 1. The second-order valence-electron chi connectivity index (χ2n) is 10.1. The highest BCUT2D eigenvalue weighted by Crippen LogP contribution is 2.37. The van der Waals surface area contributed by atoms with E-state index in [1.807, 2.05) is 0 Å². The van der Waals surface area contributed by atoms with E-state index in [-0.39, 0.29) is 34.5 Å². The lowest BCUT2D eigenvalue weighted by Crippen LogP contribution is -2.26. The molecule has 8 nitrogen and oxygen atoms in total. The summed E-state index contributed by atoms with van der Waals surface area (Å²) in [5, 5.41) is 31.9. The maximum absolute atomic E-state index is 14.1. The highest BCUT2D eigenvalue weighted by Gasteiger charge is 2.34. The van der Waals surface area contributed by atoms with E-state index in [0.717, 1.165) is 18.9 Å². The number of carbonyl (C=O) groups excluding carboxylic acids is 1. The molecule has 210 valence electrons. The van der Waals surface area contributed by atoms with Crippen molar-refractivity contribution in [2.24, 2.45) is 0 Å². The van der Waals surface area contributed by atoms with Crippen molar-refractivity contribution in [3.05, 3.63) is 76.9 Å². The molecule has 1 atom stereocenters. The molecule has 1 saturated carbocycles. The van der Waals surface area contributed by atoms with Gasteiger partial charge < -0.3 is 20.8 Å². The van der Waals surface area contributed by atoms with Crippen LogP contribution in [0.4, 0.5) is 23.2 Å². The number of phenolic OH excluding ortho intramolecular Hbond substituents is 1. The number of alkyl halides is 3. The minimum atomic E-state index is -4.40. The van der Waals surface area contributed by atoms with Gasteiger partial charge in [-0.2, -0.15) is 18.3 Å². The first-order chi connectivity index (χ1) is 18.8. The molecule has 0 unspecified atom stereocenters. The second-order valence-corrected chi connectivity index (χ2v) is 10.1. The number of halogens is 4. The number of nitrogens with one attached hydrogen (secondary N) is 2. The highest BCUT2D eigenvalue weighted by atomic mass is 19.4. The maximum Gasteiger partial charge on any atom is 0.390 e. The largest absolute Gasteiger partial charge is 0.505 e. The normalized spacial score (nSPS) is 15.2. The maximum atomic E-state index is 14.1. The zero-order valence-electron chi connectivity index (χ0n) is 21.7. The lowest BCUT2D eigenvalue weighted by Gasteiger charge is -2.25. The van der Waals surface area contributed by atoms with Gasteiger partial charge in [-0.05, 0) is 56.5 Å². The number of benzene rings is 2. The Kier molecular flexibility index (Phi) is 6.90. The molecule has 2 aromatic carbocycles. The van der Waals surface area contributed by atoms with Crippen LogP contribution < -0.4 is 10.6 Å². The number of phenols is 1. The van der Waals surface area contributed by atoms with E-state index in [0.29, 0.717) is 22.4 Å². The van der Waals surface area contributed by atoms with Crippen molar-refractivity contribution < 1.29 is 32.6 Å². The summed E-state index contributed by atoms with van der Waals surface area (Å²) in [5.41, 5.74) is 0.305. The van der Waals surface area contributed by atoms with Gasteiger partial charge in [-0.1, -0.05) is 18.2 Å². The Morgan fingerprint density at radius 1 is 1.18 bits per heavy atom. The van der Waals surface area contributed by atoms with Gasteiger partial charge in [0.2, 0.25) is 0 Å². The summed E-state index contributed by atoms with van der Waals surface area (Å²) in [4.78, 5) is 16.9. The van der Waals surface area contributed by atoms with Crippen LogP contribution in [0.3, 0.4) is 0 Å². The molecule has 40 heavy (non-hydrogen) atoms. The first-order valence-corrected chi connectivity index (χ1v) is 12.7. The SMILES string of the molecule is Cc1cc(-c2cnc3c(NCCC(F)(F)F)cc([C@@](C)(O)c4cccc(F)c4O)nn23)ccc1C(=O)NC1CC1. The molecule has 1 amide bonds. The summed E-state index contributed by atoms with van der Waals surface area (Å²) >= 11 is 0. The molecule has 5 rings (SSSR count). The van der Waals surface area contributed by atoms with Gasteiger partial charge in [0.05, 0.1) is 29.7 Å². The molecule has 12 heteroatoms. The summed E-state index contributed by atoms with van der Waals surface area (Å²) in [6.07, 6.45) is -2.13. The van der Waals surface area contributed by atoms with Crippen LogP contribution >= 0.6 is 0 Å². The molecule has 0 spiro atoms. The average molecular weight is 558 g/mol. The lowest BCUT2D eigenvalue weighted by atomic mass is 9.91. The van der Waals surface area contributed by atoms with Crippen molar-refractivity contribution in [2.75, 3.05) is 11.9 Å². The van der Waals surface area contributed by atoms with Gasteiger partial charge >= 0.3 is 6.18 Å². The number of aryl methyl sites for hydroxylation is 1. The molecule has 2 heterocycles. The number of carbonyl (C=O) groups is 1. The first kappa shape index (κ1) is 27.4. The highest BCUT2D eigenvalue weighted by molar-refractivity contribution is 5.96. The molecule has 0 bridgehead atoms. The van der Waals surface area contributed by atoms with Crippen molar-refractivity contribution in [3.63, 3.8) is 0 Å². The number of aliphatic hydroxyl groups is 1. The van der Waals surface area contributed by atoms with Crippen LogP contribution in [0.2, 0.25) is 0 Å². The van der Waals surface area contributed by atoms with Gasteiger partial charge in [0.1, 0.15) is 5.60 Å². The van der Waals surface area contributed by atoms with Crippen molar-refractivity contribution >= 4 is 17.2 Å². The summed E-state index contributed by atoms with van der Waals surface area (Å²) in [6, 6.07) is 10.3. The summed E-state index contributed by atoms with van der Waals surface area (Å²) in [6.45, 7) is 2.61. The fraction of sp³-hybridized carbons (Fsp3) is 0.321. The smallest absolute Gasteiger partial charge is 0.390 e. The van der Waals surface area contributed by atoms with Crippen molar-refractivity contribution in [1.29, 1.82) is 0 Å². The third kappa shape index (κ3) is 5.44. The molecule has 1 aliphatic rings. The Balaban J connectivity index is 1.60. The second kappa shape index (κ2) is 10.1. The van der Waals surface area contributed by atoms with Gasteiger partial charge in [0.25, 0.3) is 5.91 Å². The number of rotatable bonds is 8.